The Kier molecular flexibility index (Phi) is 7.24. The van der Waals surface area contributed by atoms with Crippen LogP contribution >= 0.6 is 0 Å². The number of carbonyl (C=O) groups is 1. The summed E-state index contributed by atoms with van der Waals surface area (Å²) in [5, 5.41) is 4.02. The van der Waals surface area contributed by atoms with Crippen LogP contribution in [0.25, 0.3) is 0 Å². The molecule has 1 aliphatic rings. The highest BCUT2D eigenvalue weighted by molar-refractivity contribution is 5.99. The van der Waals surface area contributed by atoms with Gasteiger partial charge in [-0.05, 0) is 67.5 Å². The minimum Gasteiger partial charge on any atom is -0.494 e. The summed E-state index contributed by atoms with van der Waals surface area (Å²) in [6.07, 6.45) is 7.53. The van der Waals surface area contributed by atoms with Gasteiger partial charge in [-0.1, -0.05) is 55.6 Å². The van der Waals surface area contributed by atoms with Gasteiger partial charge < -0.3 is 9.57 Å². The second-order valence-electron chi connectivity index (χ2n) is 7.39. The lowest BCUT2D eigenvalue weighted by Gasteiger charge is -2.22. The van der Waals surface area contributed by atoms with Crippen LogP contribution < -0.4 is 4.74 Å². The summed E-state index contributed by atoms with van der Waals surface area (Å²) in [6, 6.07) is 15.4. The van der Waals surface area contributed by atoms with Crippen molar-refractivity contribution in [1.29, 1.82) is 0 Å². The third-order valence-corrected chi connectivity index (χ3v) is 5.23. The van der Waals surface area contributed by atoms with Crippen LogP contribution in [0, 0.1) is 0 Å². The molecule has 0 bridgehead atoms. The maximum atomic E-state index is 12.2. The Morgan fingerprint density at radius 3 is 2.25 bits per heavy atom. The summed E-state index contributed by atoms with van der Waals surface area (Å²) in [7, 11) is 0. The Morgan fingerprint density at radius 2 is 1.61 bits per heavy atom. The SMILES string of the molecule is CCCOc1ccc(C(=O)O/N=C(\C)c2ccc(C3CCCCC3)cc2)cc1. The molecule has 0 heterocycles. The predicted octanol–water partition coefficient (Wildman–Crippen LogP) is 6.10. The van der Waals surface area contributed by atoms with E-state index in [4.69, 9.17) is 9.57 Å². The van der Waals surface area contributed by atoms with Crippen LogP contribution in [0.3, 0.4) is 0 Å². The molecule has 148 valence electrons. The van der Waals surface area contributed by atoms with Gasteiger partial charge in [0.15, 0.2) is 0 Å². The van der Waals surface area contributed by atoms with Gasteiger partial charge in [0.05, 0.1) is 17.9 Å². The van der Waals surface area contributed by atoms with Crippen molar-refractivity contribution in [1.82, 2.24) is 0 Å². The van der Waals surface area contributed by atoms with Crippen molar-refractivity contribution in [3.05, 3.63) is 65.2 Å². The summed E-state index contributed by atoms with van der Waals surface area (Å²) in [4.78, 5) is 17.3. The van der Waals surface area contributed by atoms with Crippen LogP contribution in [0.5, 0.6) is 5.75 Å². The van der Waals surface area contributed by atoms with E-state index < -0.39 is 5.97 Å². The Balaban J connectivity index is 1.57. The summed E-state index contributed by atoms with van der Waals surface area (Å²) in [5.41, 5.74) is 3.51. The number of hydrogen-bond acceptors (Lipinski definition) is 4. The van der Waals surface area contributed by atoms with Gasteiger partial charge in [0.1, 0.15) is 5.75 Å². The minimum atomic E-state index is -0.472. The van der Waals surface area contributed by atoms with Gasteiger partial charge in [0.2, 0.25) is 0 Å². The lowest BCUT2D eigenvalue weighted by molar-refractivity contribution is 0.0516. The molecule has 1 aliphatic carbocycles. The van der Waals surface area contributed by atoms with Crippen LogP contribution in [0.2, 0.25) is 0 Å². The molecular formula is C24H29NO3. The third kappa shape index (κ3) is 5.44. The third-order valence-electron chi connectivity index (χ3n) is 5.23. The van der Waals surface area contributed by atoms with Gasteiger partial charge in [-0.25, -0.2) is 4.79 Å². The highest BCUT2D eigenvalue weighted by Crippen LogP contribution is 2.32. The van der Waals surface area contributed by atoms with E-state index in [2.05, 4.69) is 36.3 Å². The Hall–Kier alpha value is -2.62. The molecule has 28 heavy (non-hydrogen) atoms. The smallest absolute Gasteiger partial charge is 0.365 e. The average molecular weight is 380 g/mol. The maximum Gasteiger partial charge on any atom is 0.365 e. The van der Waals surface area contributed by atoms with Crippen LogP contribution in [0.4, 0.5) is 0 Å². The zero-order valence-corrected chi connectivity index (χ0v) is 16.8. The highest BCUT2D eigenvalue weighted by atomic mass is 16.7. The first-order valence-electron chi connectivity index (χ1n) is 10.3. The van der Waals surface area contributed by atoms with Crippen molar-refractivity contribution in [3.63, 3.8) is 0 Å². The molecule has 3 rings (SSSR count). The number of rotatable bonds is 7. The van der Waals surface area contributed by atoms with Gasteiger partial charge in [-0.15, -0.1) is 0 Å². The Bertz CT molecular complexity index is 788. The molecule has 0 amide bonds. The first-order valence-corrected chi connectivity index (χ1v) is 10.3. The fraction of sp³-hybridized carbons (Fsp3) is 0.417. The molecule has 1 saturated carbocycles. The molecule has 1 fully saturated rings. The van der Waals surface area contributed by atoms with E-state index in [0.29, 0.717) is 23.8 Å². The largest absolute Gasteiger partial charge is 0.494 e. The standard InChI is InChI=1S/C24H29NO3/c1-3-17-27-23-15-13-22(14-16-23)24(26)28-25-18(2)19-9-11-21(12-10-19)20-7-5-4-6-8-20/h9-16,20H,3-8,17H2,1-2H3/b25-18+. The van der Waals surface area contributed by atoms with Crippen LogP contribution in [-0.2, 0) is 4.84 Å². The van der Waals surface area contributed by atoms with Gasteiger partial charge in [-0.3, -0.25) is 0 Å². The number of oxime groups is 1. The molecule has 0 atom stereocenters. The van der Waals surface area contributed by atoms with E-state index in [1.165, 1.54) is 37.7 Å². The number of carbonyl (C=O) groups excluding carboxylic acids is 1. The van der Waals surface area contributed by atoms with Crippen molar-refractivity contribution < 1.29 is 14.4 Å². The van der Waals surface area contributed by atoms with E-state index in [1.807, 2.05) is 6.92 Å². The van der Waals surface area contributed by atoms with E-state index >= 15 is 0 Å². The summed E-state index contributed by atoms with van der Waals surface area (Å²) in [5.74, 6) is 0.957. The first-order chi connectivity index (χ1) is 13.7. The topological polar surface area (TPSA) is 47.9 Å². The maximum absolute atomic E-state index is 12.2. The minimum absolute atomic E-state index is 0.452. The van der Waals surface area contributed by atoms with Crippen molar-refractivity contribution in [2.45, 2.75) is 58.3 Å². The molecule has 0 spiro atoms. The van der Waals surface area contributed by atoms with Crippen LogP contribution in [-0.4, -0.2) is 18.3 Å². The normalized spacial score (nSPS) is 15.3. The van der Waals surface area contributed by atoms with E-state index in [-0.39, 0.29) is 0 Å². The van der Waals surface area contributed by atoms with Crippen molar-refractivity contribution in [3.8, 4) is 5.75 Å². The van der Waals surface area contributed by atoms with Gasteiger partial charge in [0, 0.05) is 0 Å². The van der Waals surface area contributed by atoms with Gasteiger partial charge in [0.25, 0.3) is 0 Å². The first kappa shape index (κ1) is 20.1. The zero-order valence-electron chi connectivity index (χ0n) is 16.8. The molecule has 2 aromatic carbocycles. The zero-order chi connectivity index (χ0) is 19.8. The predicted molar refractivity (Wildman–Crippen MR) is 112 cm³/mol. The van der Waals surface area contributed by atoms with Crippen LogP contribution in [0.15, 0.2) is 53.7 Å². The average Bonchev–Trinajstić information content (AvgIpc) is 2.77. The quantitative estimate of drug-likeness (QED) is 0.331. The number of nitrogens with zero attached hydrogens (tertiary/aromatic N) is 1. The Morgan fingerprint density at radius 1 is 0.964 bits per heavy atom. The van der Waals surface area contributed by atoms with Crippen molar-refractivity contribution >= 4 is 11.7 Å². The summed E-state index contributed by atoms with van der Waals surface area (Å²) in [6.45, 7) is 4.56. The van der Waals surface area contributed by atoms with E-state index in [0.717, 1.165) is 17.7 Å². The van der Waals surface area contributed by atoms with Gasteiger partial charge >= 0.3 is 5.97 Å². The molecular weight excluding hydrogens is 350 g/mol. The lowest BCUT2D eigenvalue weighted by Crippen LogP contribution is -2.06. The molecule has 0 aromatic heterocycles. The highest BCUT2D eigenvalue weighted by Gasteiger charge is 2.15. The molecule has 0 saturated heterocycles. The van der Waals surface area contributed by atoms with E-state index in [9.17, 15) is 4.79 Å². The van der Waals surface area contributed by atoms with Crippen molar-refractivity contribution in [2.75, 3.05) is 6.61 Å². The molecule has 4 nitrogen and oxygen atoms in total. The molecule has 4 heteroatoms. The summed E-state index contributed by atoms with van der Waals surface area (Å²) < 4.78 is 5.52. The molecule has 2 aromatic rings. The molecule has 0 aliphatic heterocycles. The van der Waals surface area contributed by atoms with Gasteiger partial charge in [-0.2, -0.15) is 0 Å². The molecule has 0 unspecified atom stereocenters. The fourth-order valence-electron chi connectivity index (χ4n) is 3.55. The molecule has 0 N–H and O–H groups in total. The fourth-order valence-corrected chi connectivity index (χ4v) is 3.55. The molecule has 0 radical (unpaired) electrons. The van der Waals surface area contributed by atoms with Crippen molar-refractivity contribution in [2.24, 2.45) is 5.16 Å². The summed E-state index contributed by atoms with van der Waals surface area (Å²) >= 11 is 0. The van der Waals surface area contributed by atoms with Crippen LogP contribution in [0.1, 0.15) is 79.8 Å². The Labute approximate surface area is 167 Å². The number of benzene rings is 2. The number of ether oxygens (including phenoxy) is 1. The second kappa shape index (κ2) is 10.1. The monoisotopic (exact) mass is 379 g/mol. The number of hydrogen-bond donors (Lipinski definition) is 0. The lowest BCUT2D eigenvalue weighted by atomic mass is 9.84. The van der Waals surface area contributed by atoms with E-state index in [1.54, 1.807) is 24.3 Å². The second-order valence-corrected chi connectivity index (χ2v) is 7.39.